The second kappa shape index (κ2) is 6.06. The first-order chi connectivity index (χ1) is 9.02. The minimum atomic E-state index is 0.0902. The van der Waals surface area contributed by atoms with E-state index in [0.29, 0.717) is 18.0 Å². The van der Waals surface area contributed by atoms with E-state index < -0.39 is 0 Å². The molecule has 2 N–H and O–H groups in total. The maximum atomic E-state index is 6.56. The van der Waals surface area contributed by atoms with Gasteiger partial charge >= 0.3 is 0 Å². The monoisotopic (exact) mass is 260 g/mol. The molecule has 0 heterocycles. The highest BCUT2D eigenvalue weighted by Gasteiger charge is 2.36. The standard InChI is InChI=1S/C17H28N2/c1-12(2)17(19(4)13(3)14-10-11-14)16(18)15-8-6-5-7-9-15/h5-9,12-14,16-17H,10-11,18H2,1-4H3. The van der Waals surface area contributed by atoms with E-state index in [1.807, 2.05) is 0 Å². The molecule has 3 unspecified atom stereocenters. The first-order valence-electron chi connectivity index (χ1n) is 7.54. The first kappa shape index (κ1) is 14.5. The lowest BCUT2D eigenvalue weighted by atomic mass is 9.89. The van der Waals surface area contributed by atoms with Gasteiger partial charge in [-0.05, 0) is 44.2 Å². The molecule has 0 amide bonds. The summed E-state index contributed by atoms with van der Waals surface area (Å²) in [5.41, 5.74) is 7.80. The average Bonchev–Trinajstić information content (AvgIpc) is 3.22. The van der Waals surface area contributed by atoms with E-state index in [1.165, 1.54) is 18.4 Å². The van der Waals surface area contributed by atoms with Crippen LogP contribution >= 0.6 is 0 Å². The third-order valence-corrected chi connectivity index (χ3v) is 4.65. The van der Waals surface area contributed by atoms with Crippen LogP contribution in [0.5, 0.6) is 0 Å². The van der Waals surface area contributed by atoms with Crippen LogP contribution in [0.1, 0.15) is 45.2 Å². The molecule has 1 aliphatic rings. The van der Waals surface area contributed by atoms with E-state index in [1.54, 1.807) is 0 Å². The molecular formula is C17H28N2. The third kappa shape index (κ3) is 3.37. The van der Waals surface area contributed by atoms with Crippen molar-refractivity contribution >= 4 is 0 Å². The van der Waals surface area contributed by atoms with Crippen LogP contribution in [0.2, 0.25) is 0 Å². The van der Waals surface area contributed by atoms with Gasteiger partial charge in [0, 0.05) is 18.1 Å². The zero-order valence-electron chi connectivity index (χ0n) is 12.7. The summed E-state index contributed by atoms with van der Waals surface area (Å²) in [6, 6.07) is 11.6. The fraction of sp³-hybridized carbons (Fsp3) is 0.647. The first-order valence-corrected chi connectivity index (χ1v) is 7.54. The Labute approximate surface area is 118 Å². The van der Waals surface area contributed by atoms with Gasteiger partial charge in [-0.3, -0.25) is 4.90 Å². The van der Waals surface area contributed by atoms with Crippen LogP contribution in [0.4, 0.5) is 0 Å². The number of hydrogen-bond acceptors (Lipinski definition) is 2. The van der Waals surface area contributed by atoms with Gasteiger partial charge in [-0.15, -0.1) is 0 Å². The molecule has 2 rings (SSSR count). The van der Waals surface area contributed by atoms with Crippen molar-refractivity contribution in [2.45, 2.75) is 51.7 Å². The number of nitrogens with two attached hydrogens (primary N) is 1. The van der Waals surface area contributed by atoms with Gasteiger partial charge in [-0.1, -0.05) is 44.2 Å². The predicted molar refractivity (Wildman–Crippen MR) is 81.9 cm³/mol. The number of hydrogen-bond donors (Lipinski definition) is 1. The van der Waals surface area contributed by atoms with Crippen LogP contribution in [0, 0.1) is 11.8 Å². The Morgan fingerprint density at radius 2 is 1.68 bits per heavy atom. The molecule has 1 aromatic carbocycles. The van der Waals surface area contributed by atoms with Crippen molar-refractivity contribution in [3.05, 3.63) is 35.9 Å². The van der Waals surface area contributed by atoms with Gasteiger partial charge < -0.3 is 5.73 Å². The molecule has 2 nitrogen and oxygen atoms in total. The molecule has 2 heteroatoms. The Morgan fingerprint density at radius 1 is 1.11 bits per heavy atom. The lowest BCUT2D eigenvalue weighted by Gasteiger charge is -2.39. The number of nitrogens with zero attached hydrogens (tertiary/aromatic N) is 1. The lowest BCUT2D eigenvalue weighted by Crippen LogP contribution is -2.48. The van der Waals surface area contributed by atoms with Gasteiger partial charge in [0.05, 0.1) is 0 Å². The summed E-state index contributed by atoms with van der Waals surface area (Å²) >= 11 is 0. The fourth-order valence-corrected chi connectivity index (χ4v) is 3.19. The summed E-state index contributed by atoms with van der Waals surface area (Å²) in [4.78, 5) is 2.51. The van der Waals surface area contributed by atoms with Gasteiger partial charge in [-0.2, -0.15) is 0 Å². The van der Waals surface area contributed by atoms with Gasteiger partial charge in [0.15, 0.2) is 0 Å². The second-order valence-corrected chi connectivity index (χ2v) is 6.41. The predicted octanol–water partition coefficient (Wildman–Crippen LogP) is 3.44. The highest BCUT2D eigenvalue weighted by molar-refractivity contribution is 5.20. The van der Waals surface area contributed by atoms with Gasteiger partial charge in [0.2, 0.25) is 0 Å². The Hall–Kier alpha value is -0.860. The molecule has 1 aliphatic carbocycles. The quantitative estimate of drug-likeness (QED) is 0.849. The Balaban J connectivity index is 2.14. The molecule has 1 fully saturated rings. The van der Waals surface area contributed by atoms with Gasteiger partial charge in [-0.25, -0.2) is 0 Å². The van der Waals surface area contributed by atoms with Crippen LogP contribution in [0.15, 0.2) is 30.3 Å². The molecule has 0 aliphatic heterocycles. The maximum absolute atomic E-state index is 6.56. The summed E-state index contributed by atoms with van der Waals surface area (Å²) in [6.45, 7) is 6.91. The van der Waals surface area contributed by atoms with Crippen molar-refractivity contribution in [1.29, 1.82) is 0 Å². The van der Waals surface area contributed by atoms with Gasteiger partial charge in [0.1, 0.15) is 0 Å². The highest BCUT2D eigenvalue weighted by Crippen LogP contribution is 2.37. The minimum absolute atomic E-state index is 0.0902. The van der Waals surface area contributed by atoms with E-state index in [0.717, 1.165) is 5.92 Å². The zero-order valence-corrected chi connectivity index (χ0v) is 12.7. The number of benzene rings is 1. The molecule has 0 radical (unpaired) electrons. The second-order valence-electron chi connectivity index (χ2n) is 6.41. The van der Waals surface area contributed by atoms with E-state index in [9.17, 15) is 0 Å². The van der Waals surface area contributed by atoms with Crippen LogP contribution in [-0.4, -0.2) is 24.0 Å². The molecule has 0 spiro atoms. The van der Waals surface area contributed by atoms with E-state index in [4.69, 9.17) is 5.73 Å². The molecule has 0 aromatic heterocycles. The Bertz CT molecular complexity index is 384. The van der Waals surface area contributed by atoms with Crippen molar-refractivity contribution in [3.8, 4) is 0 Å². The van der Waals surface area contributed by atoms with Crippen LogP contribution in [-0.2, 0) is 0 Å². The molecule has 0 bridgehead atoms. The highest BCUT2D eigenvalue weighted by atomic mass is 15.2. The van der Waals surface area contributed by atoms with Crippen molar-refractivity contribution in [1.82, 2.24) is 4.90 Å². The largest absolute Gasteiger partial charge is 0.323 e. The molecule has 106 valence electrons. The number of rotatable bonds is 6. The SMILES string of the molecule is CC(C)C(C(N)c1ccccc1)N(C)C(C)C1CC1. The van der Waals surface area contributed by atoms with Crippen LogP contribution in [0.3, 0.4) is 0 Å². The third-order valence-electron chi connectivity index (χ3n) is 4.65. The molecular weight excluding hydrogens is 232 g/mol. The van der Waals surface area contributed by atoms with Crippen molar-refractivity contribution in [2.24, 2.45) is 17.6 Å². The zero-order chi connectivity index (χ0) is 14.0. The van der Waals surface area contributed by atoms with Crippen LogP contribution in [0.25, 0.3) is 0 Å². The summed E-state index contributed by atoms with van der Waals surface area (Å²) in [5, 5.41) is 0. The topological polar surface area (TPSA) is 29.3 Å². The maximum Gasteiger partial charge on any atom is 0.0455 e. The minimum Gasteiger partial charge on any atom is -0.323 e. The lowest BCUT2D eigenvalue weighted by molar-refractivity contribution is 0.109. The van der Waals surface area contributed by atoms with Crippen molar-refractivity contribution in [3.63, 3.8) is 0 Å². The summed E-state index contributed by atoms with van der Waals surface area (Å²) in [5.74, 6) is 1.44. The van der Waals surface area contributed by atoms with E-state index in [-0.39, 0.29) is 6.04 Å². The van der Waals surface area contributed by atoms with Crippen LogP contribution < -0.4 is 5.73 Å². The van der Waals surface area contributed by atoms with E-state index >= 15 is 0 Å². The molecule has 1 aromatic rings. The normalized spacial score (nSPS) is 20.6. The molecule has 0 saturated heterocycles. The van der Waals surface area contributed by atoms with Crippen molar-refractivity contribution < 1.29 is 0 Å². The van der Waals surface area contributed by atoms with E-state index in [2.05, 4.69) is 63.1 Å². The fourth-order valence-electron chi connectivity index (χ4n) is 3.19. The summed E-state index contributed by atoms with van der Waals surface area (Å²) in [6.07, 6.45) is 2.77. The average molecular weight is 260 g/mol. The summed E-state index contributed by atoms with van der Waals surface area (Å²) in [7, 11) is 2.25. The molecule has 1 saturated carbocycles. The van der Waals surface area contributed by atoms with Gasteiger partial charge in [0.25, 0.3) is 0 Å². The Kier molecular flexibility index (Phi) is 4.64. The summed E-state index contributed by atoms with van der Waals surface area (Å²) < 4.78 is 0. The Morgan fingerprint density at radius 3 is 2.16 bits per heavy atom. The number of likely N-dealkylation sites (N-methyl/N-ethyl adjacent to an activating group) is 1. The van der Waals surface area contributed by atoms with Crippen molar-refractivity contribution in [2.75, 3.05) is 7.05 Å². The molecule has 19 heavy (non-hydrogen) atoms. The molecule has 3 atom stereocenters. The smallest absolute Gasteiger partial charge is 0.0455 e.